The minimum atomic E-state index is -0.541. The number of benzene rings is 2. The van der Waals surface area contributed by atoms with Gasteiger partial charge >= 0.3 is 0 Å². The van der Waals surface area contributed by atoms with Crippen LogP contribution in [0.15, 0.2) is 60.3 Å². The lowest BCUT2D eigenvalue weighted by Crippen LogP contribution is -2.28. The highest BCUT2D eigenvalue weighted by molar-refractivity contribution is 6.31. The summed E-state index contributed by atoms with van der Waals surface area (Å²) in [6.45, 7) is 1.83. The molecule has 0 saturated heterocycles. The maximum absolute atomic E-state index is 13.1. The normalized spacial score (nSPS) is 12.2. The number of anilines is 1. The highest BCUT2D eigenvalue weighted by Crippen LogP contribution is 2.19. The minimum Gasteiger partial charge on any atom is -0.360 e. The summed E-state index contributed by atoms with van der Waals surface area (Å²) < 4.78 is 13.1. The smallest absolute Gasteiger partial charge is 0.263 e. The van der Waals surface area contributed by atoms with Crippen molar-refractivity contribution >= 4 is 23.2 Å². The van der Waals surface area contributed by atoms with Crippen molar-refractivity contribution in [3.05, 3.63) is 76.7 Å². The molecule has 0 radical (unpaired) electrons. The van der Waals surface area contributed by atoms with E-state index in [2.05, 4.69) is 10.6 Å². The Bertz CT molecular complexity index is 800. The number of halogens is 2. The number of carbonyl (C=O) groups excluding carboxylic acids is 1. The van der Waals surface area contributed by atoms with Crippen molar-refractivity contribution in [1.29, 1.82) is 5.26 Å². The number of hydrogen-bond donors (Lipinski definition) is 2. The molecule has 0 fully saturated rings. The molecule has 2 rings (SSSR count). The van der Waals surface area contributed by atoms with Crippen LogP contribution in [0.2, 0.25) is 5.02 Å². The highest BCUT2D eigenvalue weighted by atomic mass is 35.5. The van der Waals surface area contributed by atoms with Gasteiger partial charge in [0.25, 0.3) is 5.91 Å². The van der Waals surface area contributed by atoms with Gasteiger partial charge in [-0.15, -0.1) is 0 Å². The largest absolute Gasteiger partial charge is 0.360 e. The van der Waals surface area contributed by atoms with Crippen LogP contribution in [-0.4, -0.2) is 5.91 Å². The van der Waals surface area contributed by atoms with Crippen LogP contribution in [0.5, 0.6) is 0 Å². The van der Waals surface area contributed by atoms with E-state index >= 15 is 0 Å². The second-order valence-corrected chi connectivity index (χ2v) is 5.46. The molecule has 1 amide bonds. The summed E-state index contributed by atoms with van der Waals surface area (Å²) in [4.78, 5) is 12.2. The Morgan fingerprint density at radius 2 is 2.00 bits per heavy atom. The third-order valence-electron chi connectivity index (χ3n) is 3.32. The molecule has 1 atom stereocenters. The van der Waals surface area contributed by atoms with Crippen molar-refractivity contribution < 1.29 is 9.18 Å². The lowest BCUT2D eigenvalue weighted by molar-refractivity contribution is -0.117. The van der Waals surface area contributed by atoms with Gasteiger partial charge in [0.15, 0.2) is 0 Å². The van der Waals surface area contributed by atoms with Crippen LogP contribution in [0.4, 0.5) is 10.1 Å². The lowest BCUT2D eigenvalue weighted by atomic mass is 10.1. The SMILES string of the molecule is CC(NC(=O)/C(C#N)=C\Nc1ccc(F)c(Cl)c1)c1ccccc1. The fraction of sp³-hybridized carbons (Fsp3) is 0.111. The summed E-state index contributed by atoms with van der Waals surface area (Å²) in [6, 6.07) is 15.0. The summed E-state index contributed by atoms with van der Waals surface area (Å²) in [5.74, 6) is -1.05. The molecule has 122 valence electrons. The molecule has 4 nitrogen and oxygen atoms in total. The predicted octanol–water partition coefficient (Wildman–Crippen LogP) is 4.18. The molecule has 0 aliphatic heterocycles. The van der Waals surface area contributed by atoms with E-state index in [0.29, 0.717) is 5.69 Å². The molecule has 2 N–H and O–H groups in total. The summed E-state index contributed by atoms with van der Waals surface area (Å²) in [5.41, 5.74) is 1.30. The van der Waals surface area contributed by atoms with E-state index in [1.807, 2.05) is 43.3 Å². The number of carbonyl (C=O) groups is 1. The van der Waals surface area contributed by atoms with Gasteiger partial charge in [-0.1, -0.05) is 41.9 Å². The molecule has 0 heterocycles. The van der Waals surface area contributed by atoms with Crippen LogP contribution in [0, 0.1) is 17.1 Å². The topological polar surface area (TPSA) is 64.9 Å². The van der Waals surface area contributed by atoms with Gasteiger partial charge in [-0.2, -0.15) is 5.26 Å². The van der Waals surface area contributed by atoms with Crippen LogP contribution < -0.4 is 10.6 Å². The number of nitriles is 1. The molecule has 2 aromatic rings. The van der Waals surface area contributed by atoms with Gasteiger partial charge in [0.2, 0.25) is 0 Å². The predicted molar refractivity (Wildman–Crippen MR) is 91.7 cm³/mol. The molecular weight excluding hydrogens is 329 g/mol. The Labute approximate surface area is 144 Å². The molecule has 2 aromatic carbocycles. The van der Waals surface area contributed by atoms with E-state index in [9.17, 15) is 9.18 Å². The standard InChI is InChI=1S/C18H15ClFN3O/c1-12(13-5-3-2-4-6-13)23-18(24)14(10-21)11-22-15-7-8-17(20)16(19)9-15/h2-9,11-12,22H,1H3,(H,23,24)/b14-11-. The van der Waals surface area contributed by atoms with Crippen LogP contribution >= 0.6 is 11.6 Å². The average Bonchev–Trinajstić information content (AvgIpc) is 2.59. The quantitative estimate of drug-likeness (QED) is 0.632. The van der Waals surface area contributed by atoms with Gasteiger partial charge in [0, 0.05) is 11.9 Å². The van der Waals surface area contributed by atoms with Crippen molar-refractivity contribution in [3.63, 3.8) is 0 Å². The van der Waals surface area contributed by atoms with Crippen molar-refractivity contribution in [2.45, 2.75) is 13.0 Å². The summed E-state index contributed by atoms with van der Waals surface area (Å²) in [7, 11) is 0. The zero-order valence-electron chi connectivity index (χ0n) is 12.9. The van der Waals surface area contributed by atoms with Crippen molar-refractivity contribution in [3.8, 4) is 6.07 Å². The maximum atomic E-state index is 13.1. The molecule has 24 heavy (non-hydrogen) atoms. The van der Waals surface area contributed by atoms with Gasteiger partial charge in [0.05, 0.1) is 11.1 Å². The second kappa shape index (κ2) is 8.14. The van der Waals surface area contributed by atoms with E-state index < -0.39 is 11.7 Å². The fourth-order valence-electron chi connectivity index (χ4n) is 1.99. The van der Waals surface area contributed by atoms with Crippen LogP contribution in [0.25, 0.3) is 0 Å². The maximum Gasteiger partial charge on any atom is 0.263 e. The third-order valence-corrected chi connectivity index (χ3v) is 3.60. The molecule has 1 unspecified atom stereocenters. The number of rotatable bonds is 5. The summed E-state index contributed by atoms with van der Waals surface area (Å²) in [5, 5.41) is 14.6. The first-order valence-corrected chi connectivity index (χ1v) is 7.56. The Balaban J connectivity index is 2.05. The molecule has 0 spiro atoms. The molecule has 0 aromatic heterocycles. The van der Waals surface area contributed by atoms with Gasteiger partial charge in [-0.25, -0.2) is 4.39 Å². The fourth-order valence-corrected chi connectivity index (χ4v) is 2.17. The number of hydrogen-bond acceptors (Lipinski definition) is 3. The van der Waals surface area contributed by atoms with Crippen LogP contribution in [-0.2, 0) is 4.79 Å². The molecule has 6 heteroatoms. The summed E-state index contributed by atoms with van der Waals surface area (Å²) >= 11 is 5.68. The monoisotopic (exact) mass is 343 g/mol. The Kier molecular flexibility index (Phi) is 5.94. The lowest BCUT2D eigenvalue weighted by Gasteiger charge is -2.13. The van der Waals surface area contributed by atoms with Gasteiger partial charge < -0.3 is 10.6 Å². The summed E-state index contributed by atoms with van der Waals surface area (Å²) in [6.07, 6.45) is 1.26. The second-order valence-electron chi connectivity index (χ2n) is 5.05. The first-order chi connectivity index (χ1) is 11.5. The molecule has 0 aliphatic rings. The first-order valence-electron chi connectivity index (χ1n) is 7.19. The van der Waals surface area contributed by atoms with E-state index in [1.54, 1.807) is 0 Å². The van der Waals surface area contributed by atoms with Gasteiger partial charge in [-0.05, 0) is 30.7 Å². The van der Waals surface area contributed by atoms with Gasteiger partial charge in [-0.3, -0.25) is 4.79 Å². The minimum absolute atomic E-state index is 0.0472. The third kappa shape index (κ3) is 4.58. The Hall–Kier alpha value is -2.84. The van der Waals surface area contributed by atoms with Crippen molar-refractivity contribution in [1.82, 2.24) is 5.32 Å². The first kappa shape index (κ1) is 17.5. The van der Waals surface area contributed by atoms with E-state index in [0.717, 1.165) is 5.56 Å². The van der Waals surface area contributed by atoms with E-state index in [1.165, 1.54) is 24.4 Å². The molecule has 0 aliphatic carbocycles. The van der Waals surface area contributed by atoms with Gasteiger partial charge in [0.1, 0.15) is 17.5 Å². The number of nitrogens with zero attached hydrogens (tertiary/aromatic N) is 1. The van der Waals surface area contributed by atoms with Crippen LogP contribution in [0.3, 0.4) is 0 Å². The van der Waals surface area contributed by atoms with Crippen LogP contribution in [0.1, 0.15) is 18.5 Å². The number of amides is 1. The average molecular weight is 344 g/mol. The van der Waals surface area contributed by atoms with E-state index in [-0.39, 0.29) is 16.6 Å². The van der Waals surface area contributed by atoms with Crippen molar-refractivity contribution in [2.75, 3.05) is 5.32 Å². The zero-order chi connectivity index (χ0) is 17.5. The molecular formula is C18H15ClFN3O. The molecule has 0 bridgehead atoms. The Morgan fingerprint density at radius 1 is 1.29 bits per heavy atom. The molecule has 0 saturated carbocycles. The van der Waals surface area contributed by atoms with Crippen molar-refractivity contribution in [2.24, 2.45) is 0 Å². The number of nitrogens with one attached hydrogen (secondary N) is 2. The highest BCUT2D eigenvalue weighted by Gasteiger charge is 2.13. The zero-order valence-corrected chi connectivity index (χ0v) is 13.6. The van der Waals surface area contributed by atoms with E-state index in [4.69, 9.17) is 16.9 Å². The Morgan fingerprint density at radius 3 is 2.62 bits per heavy atom.